The number of allylic oxidation sites excluding steroid dienone is 1. The molecule has 1 aromatic rings. The van der Waals surface area contributed by atoms with E-state index in [1.165, 1.54) is 6.20 Å². The molecule has 8 heteroatoms. The van der Waals surface area contributed by atoms with Gasteiger partial charge in [0.1, 0.15) is 24.1 Å². The van der Waals surface area contributed by atoms with Crippen LogP contribution in [0.3, 0.4) is 0 Å². The van der Waals surface area contributed by atoms with Crippen molar-refractivity contribution >= 4 is 11.9 Å². The van der Waals surface area contributed by atoms with Gasteiger partial charge in [-0.25, -0.2) is 4.79 Å². The molecule has 8 nitrogen and oxygen atoms in total. The van der Waals surface area contributed by atoms with E-state index >= 15 is 0 Å². The summed E-state index contributed by atoms with van der Waals surface area (Å²) in [7, 11) is 0. The number of hydrogen-bond acceptors (Lipinski definition) is 7. The molecule has 1 aliphatic rings. The fraction of sp³-hybridized carbons (Fsp3) is 0.600. The zero-order valence-electron chi connectivity index (χ0n) is 13.2. The van der Waals surface area contributed by atoms with E-state index in [-0.39, 0.29) is 5.82 Å². The number of ether oxygens (including phenoxy) is 1. The third-order valence-corrected chi connectivity index (χ3v) is 3.85. The molecule has 2 heterocycles. The maximum absolute atomic E-state index is 12.1. The summed E-state index contributed by atoms with van der Waals surface area (Å²) in [6, 6.07) is 0. The van der Waals surface area contributed by atoms with E-state index in [0.717, 1.165) is 23.0 Å². The topological polar surface area (TPSA) is 131 Å². The second-order valence-corrected chi connectivity index (χ2v) is 5.74. The zero-order valence-corrected chi connectivity index (χ0v) is 13.2. The summed E-state index contributed by atoms with van der Waals surface area (Å²) in [4.78, 5) is 15.8. The first-order valence-corrected chi connectivity index (χ1v) is 7.57. The molecule has 0 amide bonds. The number of aromatic nitrogens is 2. The lowest BCUT2D eigenvalue weighted by Crippen LogP contribution is -2.36. The Morgan fingerprint density at radius 2 is 2.17 bits per heavy atom. The molecule has 0 bridgehead atoms. The highest BCUT2D eigenvalue weighted by molar-refractivity contribution is 5.61. The van der Waals surface area contributed by atoms with Gasteiger partial charge in [-0.3, -0.25) is 4.57 Å². The number of aliphatic hydroxyl groups excluding tert-OH is 3. The number of hydrogen-bond donors (Lipinski definition) is 4. The molecule has 128 valence electrons. The average Bonchev–Trinajstić information content (AvgIpc) is 2.78. The minimum atomic E-state index is -1.34. The number of nitrogen functional groups attached to an aromatic ring is 1. The van der Waals surface area contributed by atoms with Crippen molar-refractivity contribution in [2.75, 3.05) is 12.3 Å². The quantitative estimate of drug-likeness (QED) is 0.581. The van der Waals surface area contributed by atoms with Gasteiger partial charge in [-0.1, -0.05) is 25.0 Å². The van der Waals surface area contributed by atoms with Gasteiger partial charge in [0.05, 0.1) is 6.61 Å². The highest BCUT2D eigenvalue weighted by Gasteiger charge is 2.43. The van der Waals surface area contributed by atoms with E-state index in [4.69, 9.17) is 15.6 Å². The van der Waals surface area contributed by atoms with Crippen molar-refractivity contribution in [3.63, 3.8) is 0 Å². The van der Waals surface area contributed by atoms with Crippen LogP contribution in [0.15, 0.2) is 16.6 Å². The van der Waals surface area contributed by atoms with Crippen molar-refractivity contribution in [1.29, 1.82) is 0 Å². The van der Waals surface area contributed by atoms with Crippen LogP contribution in [0, 0.1) is 0 Å². The average molecular weight is 325 g/mol. The molecule has 5 N–H and O–H groups in total. The van der Waals surface area contributed by atoms with Crippen molar-refractivity contribution in [1.82, 2.24) is 9.55 Å². The molecular weight excluding hydrogens is 302 g/mol. The number of nitrogens with zero attached hydrogens (tertiary/aromatic N) is 2. The molecule has 23 heavy (non-hydrogen) atoms. The maximum Gasteiger partial charge on any atom is 0.351 e. The van der Waals surface area contributed by atoms with Crippen LogP contribution in [0.25, 0.3) is 6.08 Å². The van der Waals surface area contributed by atoms with E-state index < -0.39 is 36.8 Å². The van der Waals surface area contributed by atoms with Gasteiger partial charge in [-0.15, -0.1) is 0 Å². The van der Waals surface area contributed by atoms with Gasteiger partial charge in [0, 0.05) is 11.8 Å². The largest absolute Gasteiger partial charge is 0.394 e. The Morgan fingerprint density at radius 1 is 1.48 bits per heavy atom. The Balaban J connectivity index is 2.40. The molecule has 4 atom stereocenters. The van der Waals surface area contributed by atoms with E-state index in [1.807, 2.05) is 13.0 Å². The first-order chi connectivity index (χ1) is 10.9. The predicted octanol–water partition coefficient (Wildman–Crippen LogP) is -0.360. The minimum absolute atomic E-state index is 0.0912. The zero-order chi connectivity index (χ0) is 17.1. The summed E-state index contributed by atoms with van der Waals surface area (Å²) < 4.78 is 6.45. The second-order valence-electron chi connectivity index (χ2n) is 5.74. The fourth-order valence-corrected chi connectivity index (χ4v) is 2.63. The first kappa shape index (κ1) is 17.6. The third-order valence-electron chi connectivity index (χ3n) is 3.85. The maximum atomic E-state index is 12.1. The molecule has 1 aromatic heterocycles. The van der Waals surface area contributed by atoms with Crippen LogP contribution in [0.5, 0.6) is 0 Å². The van der Waals surface area contributed by atoms with Crippen LogP contribution in [-0.2, 0) is 4.74 Å². The Labute approximate surface area is 133 Å². The number of aliphatic hydroxyl groups is 3. The van der Waals surface area contributed by atoms with Crippen molar-refractivity contribution in [2.45, 2.75) is 51.2 Å². The summed E-state index contributed by atoms with van der Waals surface area (Å²) >= 11 is 0. The normalized spacial score (nSPS) is 28.3. The van der Waals surface area contributed by atoms with Crippen molar-refractivity contribution in [2.24, 2.45) is 0 Å². The third kappa shape index (κ3) is 3.61. The lowest BCUT2D eigenvalue weighted by molar-refractivity contribution is -0.0549. The monoisotopic (exact) mass is 325 g/mol. The summed E-state index contributed by atoms with van der Waals surface area (Å²) in [5.41, 5.74) is 6.71. The molecule has 0 aliphatic carbocycles. The lowest BCUT2D eigenvalue weighted by atomic mass is 10.1. The Hall–Kier alpha value is -1.74. The molecule has 0 radical (unpaired) electrons. The fourth-order valence-electron chi connectivity index (χ4n) is 2.63. The molecule has 0 unspecified atom stereocenters. The predicted molar refractivity (Wildman–Crippen MR) is 84.5 cm³/mol. The molecule has 0 aromatic carbocycles. The van der Waals surface area contributed by atoms with Gasteiger partial charge < -0.3 is 25.8 Å². The highest BCUT2D eigenvalue weighted by atomic mass is 16.6. The molecule has 0 spiro atoms. The summed E-state index contributed by atoms with van der Waals surface area (Å²) in [6.45, 7) is 3.54. The summed E-state index contributed by atoms with van der Waals surface area (Å²) in [6.07, 6.45) is 0.421. The Kier molecular flexibility index (Phi) is 5.53. The summed E-state index contributed by atoms with van der Waals surface area (Å²) in [5.74, 6) is 0.0912. The van der Waals surface area contributed by atoms with Gasteiger partial charge >= 0.3 is 5.69 Å². The van der Waals surface area contributed by atoms with Gasteiger partial charge in [0.15, 0.2) is 6.23 Å². The Morgan fingerprint density at radius 3 is 2.74 bits per heavy atom. The first-order valence-electron chi connectivity index (χ1n) is 7.57. The van der Waals surface area contributed by atoms with E-state index in [2.05, 4.69) is 11.9 Å². The molecule has 0 saturated carbocycles. The number of anilines is 1. The number of nitrogens with two attached hydrogens (primary N) is 1. The molecular formula is C15H23N3O5. The van der Waals surface area contributed by atoms with Gasteiger partial charge in [0.2, 0.25) is 0 Å². The summed E-state index contributed by atoms with van der Waals surface area (Å²) in [5, 5.41) is 29.0. The smallest absolute Gasteiger partial charge is 0.351 e. The van der Waals surface area contributed by atoms with Crippen molar-refractivity contribution < 1.29 is 20.1 Å². The van der Waals surface area contributed by atoms with Gasteiger partial charge in [-0.05, 0) is 13.3 Å². The highest BCUT2D eigenvalue weighted by Crippen LogP contribution is 2.28. The van der Waals surface area contributed by atoms with Crippen LogP contribution in [-0.4, -0.2) is 49.8 Å². The van der Waals surface area contributed by atoms with Crippen LogP contribution in [0.4, 0.5) is 5.82 Å². The Bertz CT molecular complexity index is 642. The van der Waals surface area contributed by atoms with Crippen LogP contribution >= 0.6 is 0 Å². The molecule has 2 rings (SSSR count). The standard InChI is InChI=1S/C15H23N3O5/c1-3-4-8(2)5-9-6-18(15(22)17-13(9)16)14-12(21)11(20)10(7-19)23-14/h5-6,10-12,14,19-21H,3-4,7H2,1-2H3,(H2,16,17,22)/t10-,11-,12+,14-/m1/s1. The van der Waals surface area contributed by atoms with Crippen molar-refractivity contribution in [3.8, 4) is 0 Å². The molecule has 1 fully saturated rings. The SMILES string of the molecule is CCCC(C)=Cc1cn([C@@H]2O[C@H](CO)[C@@H](O)[C@@H]2O)c(=O)nc1N. The van der Waals surface area contributed by atoms with E-state index in [0.29, 0.717) is 5.56 Å². The molecule has 1 aliphatic heterocycles. The van der Waals surface area contributed by atoms with E-state index in [1.54, 1.807) is 0 Å². The second kappa shape index (κ2) is 7.22. The van der Waals surface area contributed by atoms with Crippen LogP contribution in [0.2, 0.25) is 0 Å². The van der Waals surface area contributed by atoms with Crippen LogP contribution < -0.4 is 11.4 Å². The number of rotatable bonds is 5. The van der Waals surface area contributed by atoms with E-state index in [9.17, 15) is 15.0 Å². The molecule has 1 saturated heterocycles. The van der Waals surface area contributed by atoms with Crippen molar-refractivity contribution in [3.05, 3.63) is 27.8 Å². The lowest BCUT2D eigenvalue weighted by Gasteiger charge is -2.18. The van der Waals surface area contributed by atoms with Crippen LogP contribution in [0.1, 0.15) is 38.5 Å². The van der Waals surface area contributed by atoms with Gasteiger partial charge in [0.25, 0.3) is 0 Å². The van der Waals surface area contributed by atoms with Gasteiger partial charge in [-0.2, -0.15) is 4.98 Å². The minimum Gasteiger partial charge on any atom is -0.394 e.